The van der Waals surface area contributed by atoms with Gasteiger partial charge in [0.05, 0.1) is 33.6 Å². The lowest BCUT2D eigenvalue weighted by Crippen LogP contribution is -2.33. The molecule has 0 saturated heterocycles. The standard InChI is InChI=1S/C23H29Cl3N2O4S/c1-23(2,3)16-7-9-17(10-8-16)32-13-11-27-22(29)6-5-12-28(33(4,30)31)21-15-19(25)18(24)14-20(21)26/h7-10,14-15H,5-6,11-13H2,1-4H3,(H,27,29). The zero-order chi connectivity index (χ0) is 24.8. The Morgan fingerprint density at radius 1 is 1.03 bits per heavy atom. The van der Waals surface area contributed by atoms with Crippen LogP contribution in [0.25, 0.3) is 0 Å². The van der Waals surface area contributed by atoms with Gasteiger partial charge in [-0.15, -0.1) is 0 Å². The Morgan fingerprint density at radius 3 is 2.21 bits per heavy atom. The molecule has 0 atom stereocenters. The van der Waals surface area contributed by atoms with E-state index in [9.17, 15) is 13.2 Å². The fourth-order valence-corrected chi connectivity index (χ4v) is 4.71. The van der Waals surface area contributed by atoms with Gasteiger partial charge in [-0.2, -0.15) is 0 Å². The average Bonchev–Trinajstić information content (AvgIpc) is 2.70. The molecule has 0 saturated carbocycles. The van der Waals surface area contributed by atoms with Crippen molar-refractivity contribution in [2.45, 2.75) is 39.0 Å². The molecule has 0 aromatic heterocycles. The van der Waals surface area contributed by atoms with E-state index in [2.05, 4.69) is 26.1 Å². The first kappa shape index (κ1) is 27.6. The minimum Gasteiger partial charge on any atom is -0.492 e. The predicted molar refractivity (Wildman–Crippen MR) is 137 cm³/mol. The number of halogens is 3. The second kappa shape index (κ2) is 11.6. The van der Waals surface area contributed by atoms with Crippen LogP contribution in [-0.4, -0.2) is 40.3 Å². The van der Waals surface area contributed by atoms with Crippen molar-refractivity contribution in [2.24, 2.45) is 0 Å². The summed E-state index contributed by atoms with van der Waals surface area (Å²) < 4.78 is 31.3. The molecule has 6 nitrogen and oxygen atoms in total. The molecule has 0 aliphatic heterocycles. The molecular weight excluding hydrogens is 507 g/mol. The summed E-state index contributed by atoms with van der Waals surface area (Å²) in [4.78, 5) is 12.1. The van der Waals surface area contributed by atoms with Crippen molar-refractivity contribution in [3.8, 4) is 5.75 Å². The Labute approximate surface area is 211 Å². The molecule has 33 heavy (non-hydrogen) atoms. The number of hydrogen-bond donors (Lipinski definition) is 1. The van der Waals surface area contributed by atoms with Gasteiger partial charge in [0, 0.05) is 13.0 Å². The van der Waals surface area contributed by atoms with Crippen LogP contribution < -0.4 is 14.4 Å². The summed E-state index contributed by atoms with van der Waals surface area (Å²) in [5.41, 5.74) is 1.51. The molecule has 0 radical (unpaired) electrons. The van der Waals surface area contributed by atoms with Crippen LogP contribution in [0.1, 0.15) is 39.2 Å². The second-order valence-electron chi connectivity index (χ2n) is 8.63. The Morgan fingerprint density at radius 2 is 1.64 bits per heavy atom. The summed E-state index contributed by atoms with van der Waals surface area (Å²) in [6, 6.07) is 10.7. The fraction of sp³-hybridized carbons (Fsp3) is 0.435. The number of rotatable bonds is 10. The normalized spacial score (nSPS) is 11.8. The third kappa shape index (κ3) is 8.56. The molecule has 1 amide bonds. The molecule has 0 unspecified atom stereocenters. The van der Waals surface area contributed by atoms with E-state index in [0.717, 1.165) is 16.3 Å². The molecule has 182 valence electrons. The summed E-state index contributed by atoms with van der Waals surface area (Å²) in [5, 5.41) is 3.35. The number of amides is 1. The highest BCUT2D eigenvalue weighted by Crippen LogP contribution is 2.35. The maximum atomic E-state index is 12.3. The van der Waals surface area contributed by atoms with E-state index in [1.165, 1.54) is 17.7 Å². The van der Waals surface area contributed by atoms with Crippen LogP contribution in [0, 0.1) is 0 Å². The first-order valence-corrected chi connectivity index (χ1v) is 13.4. The van der Waals surface area contributed by atoms with Crippen molar-refractivity contribution >= 4 is 56.4 Å². The van der Waals surface area contributed by atoms with Gasteiger partial charge in [0.2, 0.25) is 15.9 Å². The third-order valence-electron chi connectivity index (χ3n) is 4.84. The Kier molecular flexibility index (Phi) is 9.73. The number of benzene rings is 2. The molecule has 2 aromatic carbocycles. The van der Waals surface area contributed by atoms with Gasteiger partial charge in [-0.05, 0) is 41.7 Å². The molecule has 10 heteroatoms. The van der Waals surface area contributed by atoms with Gasteiger partial charge >= 0.3 is 0 Å². The van der Waals surface area contributed by atoms with Gasteiger partial charge in [-0.25, -0.2) is 8.42 Å². The second-order valence-corrected chi connectivity index (χ2v) is 11.8. The number of nitrogens with one attached hydrogen (secondary N) is 1. The quantitative estimate of drug-likeness (QED) is 0.313. The highest BCUT2D eigenvalue weighted by atomic mass is 35.5. The topological polar surface area (TPSA) is 75.7 Å². The fourth-order valence-electron chi connectivity index (χ4n) is 3.05. The molecule has 2 rings (SSSR count). The van der Waals surface area contributed by atoms with E-state index >= 15 is 0 Å². The smallest absolute Gasteiger partial charge is 0.232 e. The first-order chi connectivity index (χ1) is 15.3. The highest BCUT2D eigenvalue weighted by Gasteiger charge is 2.21. The first-order valence-electron chi connectivity index (χ1n) is 10.4. The van der Waals surface area contributed by atoms with Gasteiger partial charge < -0.3 is 10.1 Å². The molecule has 0 bridgehead atoms. The average molecular weight is 536 g/mol. The van der Waals surface area contributed by atoms with Gasteiger partial charge in [-0.3, -0.25) is 9.10 Å². The van der Waals surface area contributed by atoms with Crippen molar-refractivity contribution < 1.29 is 17.9 Å². The lowest BCUT2D eigenvalue weighted by Gasteiger charge is -2.24. The summed E-state index contributed by atoms with van der Waals surface area (Å²) in [6.07, 6.45) is 1.51. The molecule has 0 aliphatic carbocycles. The largest absolute Gasteiger partial charge is 0.492 e. The minimum atomic E-state index is -3.64. The number of carbonyl (C=O) groups is 1. The molecule has 0 spiro atoms. The SMILES string of the molecule is CC(C)(C)c1ccc(OCCNC(=O)CCCN(c2cc(Cl)c(Cl)cc2Cl)S(C)(=O)=O)cc1. The molecule has 0 aliphatic rings. The Bertz CT molecular complexity index is 1070. The summed E-state index contributed by atoms with van der Waals surface area (Å²) in [5.74, 6) is 0.537. The number of nitrogens with zero attached hydrogens (tertiary/aromatic N) is 1. The number of carbonyl (C=O) groups excluding carboxylic acids is 1. The maximum absolute atomic E-state index is 12.3. The molecular formula is C23H29Cl3N2O4S. The van der Waals surface area contributed by atoms with Crippen LogP contribution in [0.3, 0.4) is 0 Å². The van der Waals surface area contributed by atoms with Crippen LogP contribution >= 0.6 is 34.8 Å². The van der Waals surface area contributed by atoms with Gasteiger partial charge in [0.1, 0.15) is 12.4 Å². The number of sulfonamides is 1. The molecule has 1 N–H and O–H groups in total. The Balaban J connectivity index is 1.81. The number of ether oxygens (including phenoxy) is 1. The molecule has 0 fully saturated rings. The number of anilines is 1. The Hall–Kier alpha value is -1.67. The lowest BCUT2D eigenvalue weighted by atomic mass is 9.87. The third-order valence-corrected chi connectivity index (χ3v) is 7.04. The predicted octanol–water partition coefficient (Wildman–Crippen LogP) is 5.69. The number of hydrogen-bond acceptors (Lipinski definition) is 4. The highest BCUT2D eigenvalue weighted by molar-refractivity contribution is 7.92. The van der Waals surface area contributed by atoms with Crippen molar-refractivity contribution in [3.63, 3.8) is 0 Å². The minimum absolute atomic E-state index is 0.0700. The van der Waals surface area contributed by atoms with E-state index < -0.39 is 10.0 Å². The van der Waals surface area contributed by atoms with Crippen LogP contribution in [0.4, 0.5) is 5.69 Å². The molecule has 2 aromatic rings. The van der Waals surface area contributed by atoms with Crippen LogP contribution in [0.2, 0.25) is 15.1 Å². The van der Waals surface area contributed by atoms with Crippen LogP contribution in [-0.2, 0) is 20.2 Å². The summed E-state index contributed by atoms with van der Waals surface area (Å²) >= 11 is 18.1. The van der Waals surface area contributed by atoms with E-state index in [0.29, 0.717) is 19.6 Å². The maximum Gasteiger partial charge on any atom is 0.232 e. The summed E-state index contributed by atoms with van der Waals surface area (Å²) in [7, 11) is -3.64. The van der Waals surface area contributed by atoms with Crippen molar-refractivity contribution in [2.75, 3.05) is 30.3 Å². The zero-order valence-electron chi connectivity index (χ0n) is 19.1. The van der Waals surface area contributed by atoms with Gasteiger partial charge in [0.25, 0.3) is 0 Å². The van der Waals surface area contributed by atoms with Crippen LogP contribution in [0.5, 0.6) is 5.75 Å². The van der Waals surface area contributed by atoms with Crippen LogP contribution in [0.15, 0.2) is 36.4 Å². The van der Waals surface area contributed by atoms with Crippen molar-refractivity contribution in [1.82, 2.24) is 5.32 Å². The van der Waals surface area contributed by atoms with E-state index in [4.69, 9.17) is 39.5 Å². The van der Waals surface area contributed by atoms with Gasteiger partial charge in [0.15, 0.2) is 0 Å². The van der Waals surface area contributed by atoms with Crippen molar-refractivity contribution in [1.29, 1.82) is 0 Å². The molecule has 0 heterocycles. The van der Waals surface area contributed by atoms with Gasteiger partial charge in [-0.1, -0.05) is 67.7 Å². The zero-order valence-corrected chi connectivity index (χ0v) is 22.2. The lowest BCUT2D eigenvalue weighted by molar-refractivity contribution is -0.121. The monoisotopic (exact) mass is 534 g/mol. The van der Waals surface area contributed by atoms with E-state index in [-0.39, 0.29) is 45.0 Å². The van der Waals surface area contributed by atoms with E-state index in [1.54, 1.807) is 0 Å². The van der Waals surface area contributed by atoms with E-state index in [1.807, 2.05) is 24.3 Å². The summed E-state index contributed by atoms with van der Waals surface area (Å²) in [6.45, 7) is 7.18. The van der Waals surface area contributed by atoms with Crippen molar-refractivity contribution in [3.05, 3.63) is 57.0 Å².